The molecule has 30 heavy (non-hydrogen) atoms. The van der Waals surface area contributed by atoms with Gasteiger partial charge in [-0.1, -0.05) is 23.7 Å². The van der Waals surface area contributed by atoms with Gasteiger partial charge in [0.25, 0.3) is 0 Å². The van der Waals surface area contributed by atoms with E-state index in [4.69, 9.17) is 21.3 Å². The van der Waals surface area contributed by atoms with Gasteiger partial charge >= 0.3 is 0 Å². The highest BCUT2D eigenvalue weighted by Crippen LogP contribution is 2.40. The van der Waals surface area contributed by atoms with Gasteiger partial charge in [-0.25, -0.2) is 9.37 Å². The first-order valence-corrected chi connectivity index (χ1v) is 10.6. The number of fused-ring (bicyclic) bond motifs is 1. The molecule has 0 saturated heterocycles. The van der Waals surface area contributed by atoms with E-state index in [2.05, 4.69) is 17.2 Å². The highest BCUT2D eigenvalue weighted by Gasteiger charge is 2.25. The van der Waals surface area contributed by atoms with Crippen molar-refractivity contribution in [3.8, 4) is 27.6 Å². The molecule has 4 aromatic rings. The van der Waals surface area contributed by atoms with Crippen molar-refractivity contribution in [3.63, 3.8) is 0 Å². The molecule has 0 radical (unpaired) electrons. The fourth-order valence-electron chi connectivity index (χ4n) is 3.59. The molecule has 2 aromatic carbocycles. The van der Waals surface area contributed by atoms with Gasteiger partial charge < -0.3 is 10.1 Å². The van der Waals surface area contributed by atoms with E-state index < -0.39 is 0 Å². The van der Waals surface area contributed by atoms with Gasteiger partial charge in [-0.3, -0.25) is 4.98 Å². The van der Waals surface area contributed by atoms with Crippen LogP contribution in [0.1, 0.15) is 16.5 Å². The smallest absolute Gasteiger partial charge is 0.143 e. The van der Waals surface area contributed by atoms with E-state index in [0.717, 1.165) is 32.4 Å². The summed E-state index contributed by atoms with van der Waals surface area (Å²) in [5.41, 5.74) is 4.11. The first-order valence-electron chi connectivity index (χ1n) is 9.45. The number of nitrogens with zero attached hydrogens (tertiary/aromatic N) is 2. The lowest BCUT2D eigenvalue weighted by Crippen LogP contribution is -2.25. The van der Waals surface area contributed by atoms with Crippen molar-refractivity contribution in [2.24, 2.45) is 0 Å². The van der Waals surface area contributed by atoms with Crippen LogP contribution in [0.5, 0.6) is 5.75 Å². The lowest BCUT2D eigenvalue weighted by molar-refractivity contribution is 0.284. The van der Waals surface area contributed by atoms with Crippen molar-refractivity contribution in [2.75, 3.05) is 11.9 Å². The number of benzene rings is 2. The number of rotatable bonds is 3. The Morgan fingerprint density at radius 3 is 2.87 bits per heavy atom. The van der Waals surface area contributed by atoms with Gasteiger partial charge in [0.2, 0.25) is 0 Å². The van der Waals surface area contributed by atoms with E-state index in [1.165, 1.54) is 6.07 Å². The molecule has 1 aliphatic heterocycles. The topological polar surface area (TPSA) is 47.0 Å². The van der Waals surface area contributed by atoms with Gasteiger partial charge in [0.1, 0.15) is 23.2 Å². The van der Waals surface area contributed by atoms with Crippen LogP contribution in [0.15, 0.2) is 60.9 Å². The molecule has 1 atom stereocenters. The normalized spacial score (nSPS) is 15.2. The van der Waals surface area contributed by atoms with Crippen molar-refractivity contribution in [3.05, 3.63) is 82.2 Å². The van der Waals surface area contributed by atoms with Crippen LogP contribution in [0.4, 0.5) is 10.1 Å². The Hall–Kier alpha value is -2.96. The highest BCUT2D eigenvalue weighted by molar-refractivity contribution is 7.15. The van der Waals surface area contributed by atoms with Crippen LogP contribution in [0.2, 0.25) is 5.02 Å². The molecule has 0 bridgehead atoms. The number of nitrogens with one attached hydrogen (secondary N) is 1. The summed E-state index contributed by atoms with van der Waals surface area (Å²) in [5.74, 6) is 0.372. The predicted molar refractivity (Wildman–Crippen MR) is 119 cm³/mol. The van der Waals surface area contributed by atoms with E-state index >= 15 is 0 Å². The largest absolute Gasteiger partial charge is 0.489 e. The zero-order valence-corrected chi connectivity index (χ0v) is 17.6. The second kappa shape index (κ2) is 7.70. The summed E-state index contributed by atoms with van der Waals surface area (Å²) >= 11 is 7.86. The number of thiazole rings is 1. The number of aryl methyl sites for hydroxylation is 1. The molecule has 7 heteroatoms. The molecule has 0 amide bonds. The van der Waals surface area contributed by atoms with E-state index in [9.17, 15) is 4.39 Å². The van der Waals surface area contributed by atoms with Gasteiger partial charge in [0.05, 0.1) is 17.4 Å². The van der Waals surface area contributed by atoms with Crippen LogP contribution in [-0.2, 0) is 0 Å². The number of halogens is 2. The maximum Gasteiger partial charge on any atom is 0.143 e. The maximum absolute atomic E-state index is 14.3. The van der Waals surface area contributed by atoms with Crippen molar-refractivity contribution < 1.29 is 9.13 Å². The first-order chi connectivity index (χ1) is 14.6. The molecule has 4 nitrogen and oxygen atoms in total. The lowest BCUT2D eigenvalue weighted by Gasteiger charge is -2.29. The molecule has 0 fully saturated rings. The monoisotopic (exact) mass is 437 g/mol. The minimum absolute atomic E-state index is 0.286. The van der Waals surface area contributed by atoms with Crippen molar-refractivity contribution in [1.29, 1.82) is 0 Å². The first kappa shape index (κ1) is 19.0. The molecule has 150 valence electrons. The van der Waals surface area contributed by atoms with E-state index in [0.29, 0.717) is 16.3 Å². The van der Waals surface area contributed by atoms with Crippen molar-refractivity contribution >= 4 is 28.6 Å². The summed E-state index contributed by atoms with van der Waals surface area (Å²) in [5, 5.41) is 4.66. The molecule has 0 spiro atoms. The Morgan fingerprint density at radius 1 is 1.17 bits per heavy atom. The van der Waals surface area contributed by atoms with Crippen molar-refractivity contribution in [2.45, 2.75) is 13.0 Å². The molecule has 1 N–H and O–H groups in total. The predicted octanol–water partition coefficient (Wildman–Crippen LogP) is 6.52. The molecule has 1 unspecified atom stereocenters. The molecular weight excluding hydrogens is 421 g/mol. The Bertz CT molecular complexity index is 1210. The quantitative estimate of drug-likeness (QED) is 0.396. The summed E-state index contributed by atoms with van der Waals surface area (Å²) in [6, 6.07) is 14.2. The number of hydrogen-bond donors (Lipinski definition) is 1. The number of pyridine rings is 1. The zero-order valence-electron chi connectivity index (χ0n) is 16.0. The summed E-state index contributed by atoms with van der Waals surface area (Å²) in [6.07, 6.45) is 3.57. The third kappa shape index (κ3) is 3.42. The molecule has 5 rings (SSSR count). The Balaban J connectivity index is 1.45. The number of anilines is 1. The zero-order chi connectivity index (χ0) is 20.7. The highest BCUT2D eigenvalue weighted by atomic mass is 35.5. The Labute approximate surface area is 182 Å². The van der Waals surface area contributed by atoms with Crippen LogP contribution >= 0.6 is 22.9 Å². The Kier molecular flexibility index (Phi) is 4.89. The van der Waals surface area contributed by atoms with Gasteiger partial charge in [-0.2, -0.15) is 0 Å². The SMILES string of the molecule is Cc1sc(-c2cccnc2)nc1-c1ccc2c(c1)OCC(c1c(F)cccc1Cl)N2. The Morgan fingerprint density at radius 2 is 2.07 bits per heavy atom. The maximum atomic E-state index is 14.3. The third-order valence-electron chi connectivity index (χ3n) is 5.04. The van der Waals surface area contributed by atoms with E-state index in [1.54, 1.807) is 29.7 Å². The van der Waals surface area contributed by atoms with Gasteiger partial charge in [0.15, 0.2) is 0 Å². The average molecular weight is 438 g/mol. The van der Waals surface area contributed by atoms with Crippen LogP contribution in [-0.4, -0.2) is 16.6 Å². The molecule has 2 aromatic heterocycles. The lowest BCUT2D eigenvalue weighted by atomic mass is 10.0. The summed E-state index contributed by atoms with van der Waals surface area (Å²) in [6.45, 7) is 2.34. The van der Waals surface area contributed by atoms with E-state index in [-0.39, 0.29) is 18.5 Å². The van der Waals surface area contributed by atoms with Crippen LogP contribution < -0.4 is 10.1 Å². The molecule has 0 saturated carbocycles. The minimum atomic E-state index is -0.352. The molecule has 0 aliphatic carbocycles. The summed E-state index contributed by atoms with van der Waals surface area (Å²) in [7, 11) is 0. The fraction of sp³-hybridized carbons (Fsp3) is 0.130. The van der Waals surface area contributed by atoms with Gasteiger partial charge in [-0.05, 0) is 43.3 Å². The molecule has 1 aliphatic rings. The van der Waals surface area contributed by atoms with Crippen molar-refractivity contribution in [1.82, 2.24) is 9.97 Å². The second-order valence-electron chi connectivity index (χ2n) is 7.02. The fourth-order valence-corrected chi connectivity index (χ4v) is 4.81. The standard InChI is InChI=1S/C23H17ClFN3OS/c1-13-22(28-23(30-13)15-4-3-9-26-11-15)14-7-8-18-20(10-14)29-12-19(27-18)21-16(24)5-2-6-17(21)25/h2-11,19,27H,12H2,1H3. The third-order valence-corrected chi connectivity index (χ3v) is 6.39. The minimum Gasteiger partial charge on any atom is -0.489 e. The number of ether oxygens (including phenoxy) is 1. The molecular formula is C23H17ClFN3OS. The number of hydrogen-bond acceptors (Lipinski definition) is 5. The average Bonchev–Trinajstić information content (AvgIpc) is 3.15. The number of aromatic nitrogens is 2. The van der Waals surface area contributed by atoms with Crippen LogP contribution in [0, 0.1) is 12.7 Å². The summed E-state index contributed by atoms with van der Waals surface area (Å²) < 4.78 is 20.3. The van der Waals surface area contributed by atoms with Gasteiger partial charge in [0, 0.05) is 39.0 Å². The molecule has 3 heterocycles. The van der Waals surface area contributed by atoms with Crippen LogP contribution in [0.3, 0.4) is 0 Å². The van der Waals surface area contributed by atoms with Crippen LogP contribution in [0.25, 0.3) is 21.8 Å². The summed E-state index contributed by atoms with van der Waals surface area (Å²) in [4.78, 5) is 10.1. The van der Waals surface area contributed by atoms with Gasteiger partial charge in [-0.15, -0.1) is 11.3 Å². The second-order valence-corrected chi connectivity index (χ2v) is 8.63. The van der Waals surface area contributed by atoms with E-state index in [1.807, 2.05) is 36.5 Å².